The van der Waals surface area contributed by atoms with Gasteiger partial charge in [-0.25, -0.2) is 13.6 Å². The van der Waals surface area contributed by atoms with E-state index in [2.05, 4.69) is 5.32 Å². The van der Waals surface area contributed by atoms with Gasteiger partial charge in [0.1, 0.15) is 23.9 Å². The van der Waals surface area contributed by atoms with E-state index in [1.807, 2.05) is 6.92 Å². The molecule has 2 aromatic carbocycles. The molecule has 0 aliphatic carbocycles. The molecule has 3 amide bonds. The molecule has 1 fully saturated rings. The van der Waals surface area contributed by atoms with Gasteiger partial charge in [-0.2, -0.15) is 0 Å². The van der Waals surface area contributed by atoms with E-state index in [9.17, 15) is 18.4 Å². The number of ether oxygens (including phenoxy) is 1. The summed E-state index contributed by atoms with van der Waals surface area (Å²) in [7, 11) is 0. The fourth-order valence-electron chi connectivity index (χ4n) is 2.81. The number of urea groups is 1. The highest BCUT2D eigenvalue weighted by molar-refractivity contribution is 5.99. The fourth-order valence-corrected chi connectivity index (χ4v) is 2.81. The second kappa shape index (κ2) is 8.03. The van der Waals surface area contributed by atoms with Gasteiger partial charge < -0.3 is 15.0 Å². The topological polar surface area (TPSA) is 61.9 Å². The molecule has 8 heteroatoms. The summed E-state index contributed by atoms with van der Waals surface area (Å²) in [5.74, 6) is -1.44. The molecule has 142 valence electrons. The number of carbonyl (C=O) groups excluding carboxylic acids is 2. The van der Waals surface area contributed by atoms with Crippen molar-refractivity contribution >= 4 is 23.3 Å². The summed E-state index contributed by atoms with van der Waals surface area (Å²) in [4.78, 5) is 27.6. The molecule has 0 bridgehead atoms. The van der Waals surface area contributed by atoms with Crippen molar-refractivity contribution in [2.45, 2.75) is 6.92 Å². The standard InChI is InChI=1S/C19H19F2N3O3/c1-2-27-15-6-4-14(5-7-15)24-10-9-23(19(24)26)12-18(25)22-17-8-3-13(20)11-16(17)21/h3-8,11H,2,9-10,12H2,1H3,(H,22,25). The van der Waals surface area contributed by atoms with Crippen molar-refractivity contribution < 1.29 is 23.1 Å². The van der Waals surface area contributed by atoms with E-state index in [0.717, 1.165) is 12.1 Å². The summed E-state index contributed by atoms with van der Waals surface area (Å²) in [5.41, 5.74) is 0.576. The maximum Gasteiger partial charge on any atom is 0.325 e. The average Bonchev–Trinajstić information content (AvgIpc) is 2.99. The van der Waals surface area contributed by atoms with Gasteiger partial charge in [-0.3, -0.25) is 9.69 Å². The minimum Gasteiger partial charge on any atom is -0.494 e. The Kier molecular flexibility index (Phi) is 5.54. The van der Waals surface area contributed by atoms with Crippen molar-refractivity contribution in [2.24, 2.45) is 0 Å². The molecule has 27 heavy (non-hydrogen) atoms. The molecule has 3 rings (SSSR count). The van der Waals surface area contributed by atoms with Crippen LogP contribution in [0.2, 0.25) is 0 Å². The van der Waals surface area contributed by atoms with Crippen LogP contribution in [0.5, 0.6) is 5.75 Å². The predicted octanol–water partition coefficient (Wildman–Crippen LogP) is 3.24. The lowest BCUT2D eigenvalue weighted by Gasteiger charge is -2.19. The zero-order valence-corrected chi connectivity index (χ0v) is 14.7. The van der Waals surface area contributed by atoms with Crippen LogP contribution >= 0.6 is 0 Å². The number of nitrogens with zero attached hydrogens (tertiary/aromatic N) is 2. The van der Waals surface area contributed by atoms with Gasteiger partial charge in [0.05, 0.1) is 12.3 Å². The minimum absolute atomic E-state index is 0.128. The van der Waals surface area contributed by atoms with Crippen LogP contribution in [-0.4, -0.2) is 43.1 Å². The Balaban J connectivity index is 1.60. The number of rotatable bonds is 6. The van der Waals surface area contributed by atoms with Crippen LogP contribution in [0.4, 0.5) is 25.0 Å². The number of anilines is 2. The molecule has 0 atom stereocenters. The monoisotopic (exact) mass is 375 g/mol. The summed E-state index contributed by atoms with van der Waals surface area (Å²) < 4.78 is 31.9. The Morgan fingerprint density at radius 2 is 1.89 bits per heavy atom. The second-order valence-corrected chi connectivity index (χ2v) is 5.96. The van der Waals surface area contributed by atoms with Gasteiger partial charge in [0.2, 0.25) is 5.91 Å². The SMILES string of the molecule is CCOc1ccc(N2CCN(CC(=O)Nc3ccc(F)cc3F)C2=O)cc1. The first-order valence-corrected chi connectivity index (χ1v) is 8.52. The molecule has 1 aliphatic rings. The number of benzene rings is 2. The number of carbonyl (C=O) groups is 2. The van der Waals surface area contributed by atoms with Gasteiger partial charge in [-0.05, 0) is 43.3 Å². The fraction of sp³-hybridized carbons (Fsp3) is 0.263. The van der Waals surface area contributed by atoms with Crippen LogP contribution in [-0.2, 0) is 4.79 Å². The molecular weight excluding hydrogens is 356 g/mol. The second-order valence-electron chi connectivity index (χ2n) is 5.96. The van der Waals surface area contributed by atoms with Crippen molar-refractivity contribution in [3.05, 3.63) is 54.1 Å². The van der Waals surface area contributed by atoms with Crippen LogP contribution in [0.15, 0.2) is 42.5 Å². The molecule has 0 aromatic heterocycles. The number of halogens is 2. The Bertz CT molecular complexity index is 843. The largest absolute Gasteiger partial charge is 0.494 e. The molecule has 6 nitrogen and oxygen atoms in total. The van der Waals surface area contributed by atoms with Gasteiger partial charge in [-0.15, -0.1) is 0 Å². The molecule has 0 radical (unpaired) electrons. The third-order valence-corrected chi connectivity index (χ3v) is 4.09. The molecule has 1 heterocycles. The smallest absolute Gasteiger partial charge is 0.325 e. The molecular formula is C19H19F2N3O3. The van der Waals surface area contributed by atoms with Crippen molar-refractivity contribution in [1.29, 1.82) is 0 Å². The zero-order valence-electron chi connectivity index (χ0n) is 14.7. The number of hydrogen-bond donors (Lipinski definition) is 1. The molecule has 0 saturated carbocycles. The third kappa shape index (κ3) is 4.33. The summed E-state index contributed by atoms with van der Waals surface area (Å²) in [6, 6.07) is 9.67. The van der Waals surface area contributed by atoms with E-state index in [-0.39, 0.29) is 18.3 Å². The molecule has 2 aromatic rings. The van der Waals surface area contributed by atoms with Gasteiger partial charge in [0.25, 0.3) is 0 Å². The van der Waals surface area contributed by atoms with Crippen molar-refractivity contribution in [2.75, 3.05) is 36.5 Å². The summed E-state index contributed by atoms with van der Waals surface area (Å²) in [6.07, 6.45) is 0. The van der Waals surface area contributed by atoms with Crippen LogP contribution in [0.3, 0.4) is 0 Å². The highest BCUT2D eigenvalue weighted by Crippen LogP contribution is 2.23. The van der Waals surface area contributed by atoms with E-state index >= 15 is 0 Å². The summed E-state index contributed by atoms with van der Waals surface area (Å²) in [5, 5.41) is 2.35. The molecule has 1 N–H and O–H groups in total. The Morgan fingerprint density at radius 1 is 1.15 bits per heavy atom. The Hall–Kier alpha value is -3.16. The normalized spacial score (nSPS) is 13.8. The summed E-state index contributed by atoms with van der Waals surface area (Å²) in [6.45, 7) is 3.03. The lowest BCUT2D eigenvalue weighted by Crippen LogP contribution is -2.37. The molecule has 1 saturated heterocycles. The molecule has 0 spiro atoms. The highest BCUT2D eigenvalue weighted by atomic mass is 19.1. The van der Waals surface area contributed by atoms with E-state index in [1.165, 1.54) is 4.90 Å². The maximum atomic E-state index is 13.6. The van der Waals surface area contributed by atoms with Gasteiger partial charge in [-0.1, -0.05) is 0 Å². The van der Waals surface area contributed by atoms with Crippen LogP contribution in [0.1, 0.15) is 6.92 Å². The minimum atomic E-state index is -0.868. The maximum absolute atomic E-state index is 13.6. The van der Waals surface area contributed by atoms with Crippen molar-refractivity contribution in [1.82, 2.24) is 4.90 Å². The van der Waals surface area contributed by atoms with Gasteiger partial charge >= 0.3 is 6.03 Å². The van der Waals surface area contributed by atoms with Crippen LogP contribution in [0.25, 0.3) is 0 Å². The molecule has 0 unspecified atom stereocenters. The highest BCUT2D eigenvalue weighted by Gasteiger charge is 2.31. The van der Waals surface area contributed by atoms with Gasteiger partial charge in [0, 0.05) is 24.8 Å². The average molecular weight is 375 g/mol. The van der Waals surface area contributed by atoms with Crippen molar-refractivity contribution in [3.8, 4) is 5.75 Å². The van der Waals surface area contributed by atoms with Crippen LogP contribution < -0.4 is 15.0 Å². The molecule has 1 aliphatic heterocycles. The van der Waals surface area contributed by atoms with Gasteiger partial charge in [0.15, 0.2) is 0 Å². The van der Waals surface area contributed by atoms with E-state index < -0.39 is 17.5 Å². The van der Waals surface area contributed by atoms with Crippen molar-refractivity contribution in [3.63, 3.8) is 0 Å². The zero-order chi connectivity index (χ0) is 19.4. The number of hydrogen-bond acceptors (Lipinski definition) is 3. The first-order valence-electron chi connectivity index (χ1n) is 8.52. The quantitative estimate of drug-likeness (QED) is 0.843. The first kappa shape index (κ1) is 18.6. The summed E-state index contributed by atoms with van der Waals surface area (Å²) >= 11 is 0. The van der Waals surface area contributed by atoms with E-state index in [0.29, 0.717) is 37.2 Å². The predicted molar refractivity (Wildman–Crippen MR) is 96.9 cm³/mol. The first-order chi connectivity index (χ1) is 13.0. The number of nitrogens with one attached hydrogen (secondary N) is 1. The lowest BCUT2D eigenvalue weighted by atomic mass is 10.3. The third-order valence-electron chi connectivity index (χ3n) is 4.09. The Morgan fingerprint density at radius 3 is 2.56 bits per heavy atom. The Labute approximate surface area is 155 Å². The lowest BCUT2D eigenvalue weighted by molar-refractivity contribution is -0.116. The van der Waals surface area contributed by atoms with E-state index in [4.69, 9.17) is 4.74 Å². The van der Waals surface area contributed by atoms with Crippen LogP contribution in [0, 0.1) is 11.6 Å². The van der Waals surface area contributed by atoms with E-state index in [1.54, 1.807) is 29.2 Å². The number of amides is 3.